The Labute approximate surface area is 189 Å². The summed E-state index contributed by atoms with van der Waals surface area (Å²) in [5, 5.41) is 4.29. The van der Waals surface area contributed by atoms with Crippen LogP contribution < -0.4 is 5.32 Å². The molecule has 2 unspecified atom stereocenters. The minimum absolute atomic E-state index is 0.0179. The summed E-state index contributed by atoms with van der Waals surface area (Å²) in [6.07, 6.45) is 4.61. The summed E-state index contributed by atoms with van der Waals surface area (Å²) >= 11 is 5.76. The highest BCUT2D eigenvalue weighted by atomic mass is 32.1. The molecular weight excluding hydrogens is 406 g/mol. The molecule has 0 saturated carbocycles. The summed E-state index contributed by atoms with van der Waals surface area (Å²) < 4.78 is 7.52. The topological polar surface area (TPSA) is 55.2 Å². The van der Waals surface area contributed by atoms with Gasteiger partial charge in [-0.1, -0.05) is 6.07 Å². The van der Waals surface area contributed by atoms with E-state index in [-0.39, 0.29) is 12.1 Å². The van der Waals surface area contributed by atoms with Crippen LogP contribution in [0.25, 0.3) is 5.82 Å². The lowest BCUT2D eigenvalue weighted by Crippen LogP contribution is -2.31. The molecule has 0 spiro atoms. The molecule has 4 heterocycles. The average Bonchev–Trinajstić information content (AvgIpc) is 3.24. The van der Waals surface area contributed by atoms with Crippen LogP contribution in [-0.4, -0.2) is 44.8 Å². The van der Waals surface area contributed by atoms with E-state index in [0.29, 0.717) is 6.61 Å². The van der Waals surface area contributed by atoms with Gasteiger partial charge in [0, 0.05) is 44.0 Å². The molecule has 1 N–H and O–H groups in total. The number of hydrogen-bond donors (Lipinski definition) is 1. The summed E-state index contributed by atoms with van der Waals surface area (Å²) in [6.45, 7) is 7.91. The zero-order valence-corrected chi connectivity index (χ0v) is 19.3. The summed E-state index contributed by atoms with van der Waals surface area (Å²) in [4.78, 5) is 11.5. The van der Waals surface area contributed by atoms with Crippen LogP contribution in [0.4, 0.5) is 0 Å². The maximum absolute atomic E-state index is 5.76. The van der Waals surface area contributed by atoms with Crippen molar-refractivity contribution in [1.82, 2.24) is 24.8 Å². The second-order valence-corrected chi connectivity index (χ2v) is 8.41. The van der Waals surface area contributed by atoms with Crippen LogP contribution in [0.2, 0.25) is 0 Å². The van der Waals surface area contributed by atoms with Crippen molar-refractivity contribution >= 4 is 17.3 Å². The third kappa shape index (κ3) is 4.20. The molecule has 0 amide bonds. The van der Waals surface area contributed by atoms with Gasteiger partial charge in [0.2, 0.25) is 0 Å². The fourth-order valence-corrected chi connectivity index (χ4v) is 4.78. The van der Waals surface area contributed by atoms with E-state index in [4.69, 9.17) is 17.0 Å². The lowest BCUT2D eigenvalue weighted by Gasteiger charge is -2.28. The fraction of sp³-hybridized carbons (Fsp3) is 0.375. The van der Waals surface area contributed by atoms with Crippen LogP contribution in [0, 0.1) is 20.8 Å². The number of aromatic nitrogens is 3. The van der Waals surface area contributed by atoms with Crippen LogP contribution in [0.5, 0.6) is 0 Å². The summed E-state index contributed by atoms with van der Waals surface area (Å²) in [5.41, 5.74) is 5.74. The number of rotatable bonds is 7. The third-order valence-electron chi connectivity index (χ3n) is 5.86. The van der Waals surface area contributed by atoms with Gasteiger partial charge in [-0.05, 0) is 80.9 Å². The molecule has 1 aliphatic heterocycles. The minimum Gasteiger partial charge on any atom is -0.385 e. The zero-order valence-electron chi connectivity index (χ0n) is 18.5. The van der Waals surface area contributed by atoms with E-state index in [0.717, 1.165) is 35.3 Å². The minimum atomic E-state index is -0.0179. The van der Waals surface area contributed by atoms with E-state index in [1.165, 1.54) is 16.8 Å². The molecular formula is C24H29N5OS. The second kappa shape index (κ2) is 9.16. The molecule has 0 aliphatic carbocycles. The maximum Gasteiger partial charge on any atom is 0.170 e. The zero-order chi connectivity index (χ0) is 22.0. The van der Waals surface area contributed by atoms with Crippen LogP contribution in [0.1, 0.15) is 46.7 Å². The van der Waals surface area contributed by atoms with Crippen molar-refractivity contribution in [2.24, 2.45) is 0 Å². The molecule has 3 aromatic rings. The molecule has 0 aromatic carbocycles. The fourth-order valence-electron chi connectivity index (χ4n) is 4.45. The van der Waals surface area contributed by atoms with Crippen LogP contribution in [0.3, 0.4) is 0 Å². The van der Waals surface area contributed by atoms with Gasteiger partial charge >= 0.3 is 0 Å². The number of ether oxygens (including phenoxy) is 1. The maximum atomic E-state index is 5.76. The van der Waals surface area contributed by atoms with Crippen molar-refractivity contribution in [3.8, 4) is 5.82 Å². The summed E-state index contributed by atoms with van der Waals surface area (Å²) in [5.74, 6) is 0.940. The first-order chi connectivity index (χ1) is 15.0. The Kier molecular flexibility index (Phi) is 6.34. The highest BCUT2D eigenvalue weighted by molar-refractivity contribution is 7.80. The highest BCUT2D eigenvalue weighted by Gasteiger charge is 2.41. The number of nitrogens with zero attached hydrogens (tertiary/aromatic N) is 4. The molecule has 3 aromatic heterocycles. The third-order valence-corrected chi connectivity index (χ3v) is 6.22. The van der Waals surface area contributed by atoms with Gasteiger partial charge in [0.15, 0.2) is 5.11 Å². The van der Waals surface area contributed by atoms with Crippen LogP contribution in [-0.2, 0) is 4.74 Å². The number of pyridine rings is 2. The summed E-state index contributed by atoms with van der Waals surface area (Å²) in [6, 6.07) is 12.5. The van der Waals surface area contributed by atoms with Gasteiger partial charge in [0.05, 0.1) is 17.8 Å². The normalized spacial score (nSPS) is 18.5. The Morgan fingerprint density at radius 3 is 2.65 bits per heavy atom. The molecule has 31 heavy (non-hydrogen) atoms. The molecule has 4 rings (SSSR count). The van der Waals surface area contributed by atoms with Crippen molar-refractivity contribution < 1.29 is 4.74 Å². The Balaban J connectivity index is 1.79. The molecule has 0 radical (unpaired) electrons. The van der Waals surface area contributed by atoms with Crippen molar-refractivity contribution in [3.05, 3.63) is 77.0 Å². The molecule has 2 atom stereocenters. The lowest BCUT2D eigenvalue weighted by molar-refractivity contribution is 0.180. The van der Waals surface area contributed by atoms with Gasteiger partial charge < -0.3 is 19.5 Å². The van der Waals surface area contributed by atoms with E-state index in [2.05, 4.69) is 63.7 Å². The number of hydrogen-bond acceptors (Lipinski definition) is 4. The van der Waals surface area contributed by atoms with Crippen molar-refractivity contribution in [2.45, 2.75) is 39.3 Å². The second-order valence-electron chi connectivity index (χ2n) is 8.02. The van der Waals surface area contributed by atoms with Crippen molar-refractivity contribution in [2.75, 3.05) is 20.3 Å². The molecule has 1 saturated heterocycles. The lowest BCUT2D eigenvalue weighted by atomic mass is 9.96. The van der Waals surface area contributed by atoms with Crippen molar-refractivity contribution in [3.63, 3.8) is 0 Å². The van der Waals surface area contributed by atoms with E-state index >= 15 is 0 Å². The summed E-state index contributed by atoms with van der Waals surface area (Å²) in [7, 11) is 1.73. The van der Waals surface area contributed by atoms with E-state index in [1.54, 1.807) is 7.11 Å². The van der Waals surface area contributed by atoms with Crippen molar-refractivity contribution in [1.29, 1.82) is 0 Å². The van der Waals surface area contributed by atoms with E-state index in [1.807, 2.05) is 30.6 Å². The van der Waals surface area contributed by atoms with Gasteiger partial charge in [0.1, 0.15) is 5.82 Å². The van der Waals surface area contributed by atoms with Gasteiger partial charge in [-0.25, -0.2) is 4.98 Å². The Morgan fingerprint density at radius 2 is 1.94 bits per heavy atom. The number of aryl methyl sites for hydroxylation is 2. The van der Waals surface area contributed by atoms with Gasteiger partial charge in [-0.15, -0.1) is 0 Å². The van der Waals surface area contributed by atoms with E-state index in [9.17, 15) is 0 Å². The van der Waals surface area contributed by atoms with Crippen LogP contribution >= 0.6 is 12.2 Å². The Bertz CT molecular complexity index is 1070. The van der Waals surface area contributed by atoms with Crippen LogP contribution in [0.15, 0.2) is 48.8 Å². The monoisotopic (exact) mass is 435 g/mol. The first-order valence-electron chi connectivity index (χ1n) is 10.6. The molecule has 6 nitrogen and oxygen atoms in total. The SMILES string of the molecule is COCCCN1C(=S)NC(c2ccccn2)C1c1cc(C)n(-c2cc(C)ccn2)c1C. The molecule has 162 valence electrons. The van der Waals surface area contributed by atoms with Gasteiger partial charge in [0.25, 0.3) is 0 Å². The molecule has 1 fully saturated rings. The standard InChI is InChI=1S/C24H29N5OS/c1-16-9-11-26-21(14-16)29-17(2)15-19(18(29)3)23-22(20-8-5-6-10-25-20)27-24(31)28(23)12-7-13-30-4/h5-6,8-11,14-15,22-23H,7,12-13H2,1-4H3,(H,27,31). The first-order valence-corrected chi connectivity index (χ1v) is 11.0. The smallest absolute Gasteiger partial charge is 0.170 e. The molecule has 1 aliphatic rings. The first kappa shape index (κ1) is 21.5. The number of nitrogens with one attached hydrogen (secondary N) is 1. The van der Waals surface area contributed by atoms with E-state index < -0.39 is 0 Å². The molecule has 7 heteroatoms. The Morgan fingerprint density at radius 1 is 1.10 bits per heavy atom. The average molecular weight is 436 g/mol. The predicted molar refractivity (Wildman–Crippen MR) is 126 cm³/mol. The van der Waals surface area contributed by atoms with Gasteiger partial charge in [-0.3, -0.25) is 4.98 Å². The highest BCUT2D eigenvalue weighted by Crippen LogP contribution is 2.41. The quantitative estimate of drug-likeness (QED) is 0.443. The molecule has 0 bridgehead atoms. The Hall–Kier alpha value is -2.77. The number of methoxy groups -OCH3 is 1. The van der Waals surface area contributed by atoms with Gasteiger partial charge in [-0.2, -0.15) is 0 Å². The largest absolute Gasteiger partial charge is 0.385 e. The predicted octanol–water partition coefficient (Wildman–Crippen LogP) is 4.20. The number of thiocarbonyl (C=S) groups is 1.